The first-order valence-corrected chi connectivity index (χ1v) is 5.97. The van der Waals surface area contributed by atoms with Crippen LogP contribution in [0.15, 0.2) is 40.8 Å². The molecule has 1 aromatic carbocycles. The van der Waals surface area contributed by atoms with Gasteiger partial charge in [-0.2, -0.15) is 0 Å². The van der Waals surface area contributed by atoms with Gasteiger partial charge in [0.15, 0.2) is 5.76 Å². The molecule has 18 heavy (non-hydrogen) atoms. The first-order valence-electron chi connectivity index (χ1n) is 5.97. The van der Waals surface area contributed by atoms with Crippen molar-refractivity contribution in [3.8, 4) is 0 Å². The molecule has 0 radical (unpaired) electrons. The van der Waals surface area contributed by atoms with Crippen LogP contribution in [0.4, 0.5) is 5.69 Å². The Labute approximate surface area is 104 Å². The molecular formula is C14H14N2O2. The quantitative estimate of drug-likeness (QED) is 0.628. The molecular weight excluding hydrogens is 228 g/mol. The Kier molecular flexibility index (Phi) is 2.55. The lowest BCUT2D eigenvalue weighted by Crippen LogP contribution is -2.32. The molecule has 0 saturated heterocycles. The largest absolute Gasteiger partial charge is 0.451 e. The second-order valence-corrected chi connectivity index (χ2v) is 4.52. The Morgan fingerprint density at radius 1 is 1.28 bits per heavy atom. The zero-order valence-electron chi connectivity index (χ0n) is 9.85. The zero-order chi connectivity index (χ0) is 12.5. The number of benzene rings is 1. The Morgan fingerprint density at radius 3 is 2.83 bits per heavy atom. The van der Waals surface area contributed by atoms with Gasteiger partial charge >= 0.3 is 0 Å². The summed E-state index contributed by atoms with van der Waals surface area (Å²) in [4.78, 5) is 12.0. The van der Waals surface area contributed by atoms with Gasteiger partial charge in [-0.15, -0.1) is 0 Å². The molecule has 3 N–H and O–H groups in total. The maximum absolute atomic E-state index is 12.0. The maximum Gasteiger partial charge on any atom is 0.287 e. The number of fused-ring (bicyclic) bond motifs is 1. The summed E-state index contributed by atoms with van der Waals surface area (Å²) in [7, 11) is 0. The lowest BCUT2D eigenvalue weighted by Gasteiger charge is -2.09. The van der Waals surface area contributed by atoms with Crippen molar-refractivity contribution in [3.05, 3.63) is 42.2 Å². The number of anilines is 1. The average Bonchev–Trinajstić information content (AvgIpc) is 2.96. The van der Waals surface area contributed by atoms with Crippen molar-refractivity contribution in [2.45, 2.75) is 18.9 Å². The second-order valence-electron chi connectivity index (χ2n) is 4.52. The molecule has 0 saturated carbocycles. The normalized spacial score (nSPS) is 15.3. The highest BCUT2D eigenvalue weighted by Crippen LogP contribution is 2.22. The van der Waals surface area contributed by atoms with E-state index in [0.29, 0.717) is 17.0 Å². The van der Waals surface area contributed by atoms with Gasteiger partial charge in [-0.1, -0.05) is 12.2 Å². The van der Waals surface area contributed by atoms with Crippen LogP contribution in [0.3, 0.4) is 0 Å². The van der Waals surface area contributed by atoms with E-state index in [9.17, 15) is 4.79 Å². The van der Waals surface area contributed by atoms with E-state index < -0.39 is 0 Å². The summed E-state index contributed by atoms with van der Waals surface area (Å²) >= 11 is 0. The lowest BCUT2D eigenvalue weighted by atomic mass is 10.2. The SMILES string of the molecule is Nc1ccc2oc(C(=O)NC3CC=CC3)cc2c1. The molecule has 0 spiro atoms. The van der Waals surface area contributed by atoms with E-state index in [1.54, 1.807) is 24.3 Å². The number of nitrogens with two attached hydrogens (primary N) is 1. The first-order chi connectivity index (χ1) is 8.72. The molecule has 1 aliphatic rings. The minimum absolute atomic E-state index is 0.168. The second kappa shape index (κ2) is 4.22. The smallest absolute Gasteiger partial charge is 0.287 e. The summed E-state index contributed by atoms with van der Waals surface area (Å²) in [6, 6.07) is 7.25. The van der Waals surface area contributed by atoms with Crippen LogP contribution in [0.1, 0.15) is 23.4 Å². The number of hydrogen-bond donors (Lipinski definition) is 2. The predicted octanol–water partition coefficient (Wildman–Crippen LogP) is 2.46. The van der Waals surface area contributed by atoms with Gasteiger partial charge in [-0.3, -0.25) is 4.79 Å². The summed E-state index contributed by atoms with van der Waals surface area (Å²) in [6.07, 6.45) is 5.92. The molecule has 1 aromatic heterocycles. The number of carbonyl (C=O) groups excluding carboxylic acids is 1. The molecule has 0 fully saturated rings. The van der Waals surface area contributed by atoms with Gasteiger partial charge < -0.3 is 15.5 Å². The number of nitrogen functional groups attached to an aromatic ring is 1. The monoisotopic (exact) mass is 242 g/mol. The molecule has 1 amide bonds. The molecule has 92 valence electrons. The molecule has 1 aliphatic carbocycles. The lowest BCUT2D eigenvalue weighted by molar-refractivity contribution is 0.0913. The highest BCUT2D eigenvalue weighted by molar-refractivity contribution is 5.96. The average molecular weight is 242 g/mol. The molecule has 4 heteroatoms. The van der Waals surface area contributed by atoms with Crippen molar-refractivity contribution in [2.24, 2.45) is 0 Å². The van der Waals surface area contributed by atoms with Crippen LogP contribution in [0, 0.1) is 0 Å². The molecule has 0 atom stereocenters. The minimum atomic E-state index is -0.168. The molecule has 0 aliphatic heterocycles. The standard InChI is InChI=1S/C14H14N2O2/c15-10-5-6-12-9(7-10)8-13(18-12)14(17)16-11-3-1-2-4-11/h1-2,5-8,11H,3-4,15H2,(H,16,17). The Morgan fingerprint density at radius 2 is 2.06 bits per heavy atom. The van der Waals surface area contributed by atoms with Crippen LogP contribution >= 0.6 is 0 Å². The van der Waals surface area contributed by atoms with Gasteiger partial charge in [-0.25, -0.2) is 0 Å². The van der Waals surface area contributed by atoms with Crippen molar-refractivity contribution < 1.29 is 9.21 Å². The molecule has 0 bridgehead atoms. The van der Waals surface area contributed by atoms with Crippen molar-refractivity contribution in [2.75, 3.05) is 5.73 Å². The third-order valence-electron chi connectivity index (χ3n) is 3.11. The third kappa shape index (κ3) is 1.97. The van der Waals surface area contributed by atoms with Crippen LogP contribution in [0.25, 0.3) is 11.0 Å². The number of hydrogen-bond acceptors (Lipinski definition) is 3. The van der Waals surface area contributed by atoms with Crippen molar-refractivity contribution in [1.29, 1.82) is 0 Å². The van der Waals surface area contributed by atoms with E-state index in [2.05, 4.69) is 17.5 Å². The van der Waals surface area contributed by atoms with Crippen molar-refractivity contribution in [1.82, 2.24) is 5.32 Å². The Balaban J connectivity index is 1.82. The van der Waals surface area contributed by atoms with Crippen LogP contribution in [0.2, 0.25) is 0 Å². The van der Waals surface area contributed by atoms with E-state index in [1.165, 1.54) is 0 Å². The van der Waals surface area contributed by atoms with E-state index in [1.807, 2.05) is 0 Å². The minimum Gasteiger partial charge on any atom is -0.451 e. The van der Waals surface area contributed by atoms with Crippen LogP contribution in [0.5, 0.6) is 0 Å². The summed E-state index contributed by atoms with van der Waals surface area (Å²) < 4.78 is 5.51. The first kappa shape index (κ1) is 10.9. The highest BCUT2D eigenvalue weighted by Gasteiger charge is 2.17. The topological polar surface area (TPSA) is 68.3 Å². The van der Waals surface area contributed by atoms with Gasteiger partial charge in [0, 0.05) is 17.1 Å². The zero-order valence-corrected chi connectivity index (χ0v) is 9.85. The highest BCUT2D eigenvalue weighted by atomic mass is 16.3. The Hall–Kier alpha value is -2.23. The van der Waals surface area contributed by atoms with Crippen LogP contribution < -0.4 is 11.1 Å². The van der Waals surface area contributed by atoms with E-state index in [0.717, 1.165) is 18.2 Å². The van der Waals surface area contributed by atoms with Crippen molar-refractivity contribution >= 4 is 22.6 Å². The number of nitrogens with one attached hydrogen (secondary N) is 1. The van der Waals surface area contributed by atoms with Gasteiger partial charge in [-0.05, 0) is 37.1 Å². The number of furan rings is 1. The number of amides is 1. The van der Waals surface area contributed by atoms with Gasteiger partial charge in [0.25, 0.3) is 5.91 Å². The fourth-order valence-corrected chi connectivity index (χ4v) is 2.17. The summed E-state index contributed by atoms with van der Waals surface area (Å²) in [6.45, 7) is 0. The van der Waals surface area contributed by atoms with Crippen LogP contribution in [-0.2, 0) is 0 Å². The van der Waals surface area contributed by atoms with Gasteiger partial charge in [0.2, 0.25) is 0 Å². The van der Waals surface area contributed by atoms with Gasteiger partial charge in [0.05, 0.1) is 0 Å². The molecule has 0 unspecified atom stereocenters. The summed E-state index contributed by atoms with van der Waals surface area (Å²) in [5.41, 5.74) is 7.03. The Bertz CT molecular complexity index is 620. The molecule has 2 aromatic rings. The van der Waals surface area contributed by atoms with Crippen molar-refractivity contribution in [3.63, 3.8) is 0 Å². The van der Waals surface area contributed by atoms with E-state index in [4.69, 9.17) is 10.2 Å². The van der Waals surface area contributed by atoms with E-state index in [-0.39, 0.29) is 11.9 Å². The van der Waals surface area contributed by atoms with E-state index >= 15 is 0 Å². The molecule has 4 nitrogen and oxygen atoms in total. The number of carbonyl (C=O) groups is 1. The summed E-state index contributed by atoms with van der Waals surface area (Å²) in [5.74, 6) is 0.168. The summed E-state index contributed by atoms with van der Waals surface area (Å²) in [5, 5.41) is 3.80. The molecule has 1 heterocycles. The number of rotatable bonds is 2. The fourth-order valence-electron chi connectivity index (χ4n) is 2.17. The van der Waals surface area contributed by atoms with Gasteiger partial charge in [0.1, 0.15) is 5.58 Å². The third-order valence-corrected chi connectivity index (χ3v) is 3.11. The fraction of sp³-hybridized carbons (Fsp3) is 0.214. The molecule has 3 rings (SSSR count). The predicted molar refractivity (Wildman–Crippen MR) is 70.3 cm³/mol. The van der Waals surface area contributed by atoms with Crippen LogP contribution in [-0.4, -0.2) is 11.9 Å². The maximum atomic E-state index is 12.0.